The van der Waals surface area contributed by atoms with Gasteiger partial charge in [-0.1, -0.05) is 48.5 Å². The number of anilines is 1. The van der Waals surface area contributed by atoms with Crippen LogP contribution in [0.15, 0.2) is 54.6 Å². The summed E-state index contributed by atoms with van der Waals surface area (Å²) in [5, 5.41) is 12.5. The molecule has 0 aromatic heterocycles. The minimum absolute atomic E-state index is 0.0886. The van der Waals surface area contributed by atoms with Gasteiger partial charge >= 0.3 is 5.97 Å². The van der Waals surface area contributed by atoms with Crippen LogP contribution in [0, 0.1) is 0 Å². The first-order valence-corrected chi connectivity index (χ1v) is 9.82. The number of hydrogen-bond acceptors (Lipinski definition) is 5. The van der Waals surface area contributed by atoms with E-state index in [4.69, 9.17) is 0 Å². The van der Waals surface area contributed by atoms with E-state index < -0.39 is 18.1 Å². The number of rotatable bonds is 8. The minimum Gasteiger partial charge on any atom is -0.480 e. The number of carboxylic acids is 1. The van der Waals surface area contributed by atoms with Gasteiger partial charge < -0.3 is 10.0 Å². The number of nitrogens with zero attached hydrogens (tertiary/aromatic N) is 1. The molecule has 0 aliphatic carbocycles. The number of Topliss-reactive ketones (excluding diaryl/α,β-unsaturated/α-hetero) is 2. The second-order valence-corrected chi connectivity index (χ2v) is 7.40. The Labute approximate surface area is 174 Å². The summed E-state index contributed by atoms with van der Waals surface area (Å²) in [5.41, 5.74) is 2.00. The number of fused-ring (bicyclic) bond motifs is 1. The zero-order valence-electron chi connectivity index (χ0n) is 16.7. The van der Waals surface area contributed by atoms with Crippen LogP contribution >= 0.6 is 0 Å². The molecule has 7 heteroatoms. The average Bonchev–Trinajstić information content (AvgIpc) is 2.85. The average molecular weight is 408 g/mol. The molecule has 2 aromatic rings. The molecular weight excluding hydrogens is 384 g/mol. The molecule has 1 unspecified atom stereocenters. The molecule has 2 aromatic carbocycles. The molecule has 156 valence electrons. The lowest BCUT2D eigenvalue weighted by molar-refractivity contribution is -0.140. The van der Waals surface area contributed by atoms with Crippen molar-refractivity contribution in [3.05, 3.63) is 65.7 Å². The van der Waals surface area contributed by atoms with Crippen LogP contribution in [0.5, 0.6) is 0 Å². The second-order valence-electron chi connectivity index (χ2n) is 7.40. The molecule has 0 radical (unpaired) electrons. The highest BCUT2D eigenvalue weighted by molar-refractivity contribution is 6.03. The van der Waals surface area contributed by atoms with Gasteiger partial charge in [-0.25, -0.2) is 0 Å². The van der Waals surface area contributed by atoms with Crippen LogP contribution in [0.3, 0.4) is 0 Å². The number of para-hydroxylation sites is 1. The highest BCUT2D eigenvalue weighted by Crippen LogP contribution is 2.27. The van der Waals surface area contributed by atoms with E-state index in [1.807, 2.05) is 12.1 Å². The van der Waals surface area contributed by atoms with Crippen molar-refractivity contribution in [1.82, 2.24) is 5.32 Å². The summed E-state index contributed by atoms with van der Waals surface area (Å²) in [6.07, 6.45) is 0.642. The highest BCUT2D eigenvalue weighted by atomic mass is 16.4. The topological polar surface area (TPSA) is 104 Å². The summed E-state index contributed by atoms with van der Waals surface area (Å²) in [6, 6.07) is 13.8. The van der Waals surface area contributed by atoms with Gasteiger partial charge in [0.15, 0.2) is 5.78 Å². The molecule has 0 saturated carbocycles. The lowest BCUT2D eigenvalue weighted by Crippen LogP contribution is -2.53. The smallest absolute Gasteiger partial charge is 0.321 e. The number of hydrogen-bond donors (Lipinski definition) is 2. The Morgan fingerprint density at radius 3 is 2.43 bits per heavy atom. The zero-order chi connectivity index (χ0) is 21.7. The zero-order valence-corrected chi connectivity index (χ0v) is 16.7. The van der Waals surface area contributed by atoms with Crippen molar-refractivity contribution in [3.63, 3.8) is 0 Å². The molecule has 3 rings (SSSR count). The predicted octanol–water partition coefficient (Wildman–Crippen LogP) is 2.24. The fourth-order valence-electron chi connectivity index (χ4n) is 3.64. The van der Waals surface area contributed by atoms with E-state index in [0.717, 1.165) is 5.56 Å². The van der Waals surface area contributed by atoms with Crippen LogP contribution in [0.25, 0.3) is 0 Å². The number of aryl methyl sites for hydroxylation is 1. The summed E-state index contributed by atoms with van der Waals surface area (Å²) in [6.45, 7) is 1.32. The fraction of sp³-hybridized carbons (Fsp3) is 0.304. The number of nitrogens with one attached hydrogen (secondary N) is 1. The summed E-state index contributed by atoms with van der Waals surface area (Å²) >= 11 is 0. The maximum absolute atomic E-state index is 13.2. The van der Waals surface area contributed by atoms with Gasteiger partial charge in [0.25, 0.3) is 0 Å². The maximum Gasteiger partial charge on any atom is 0.321 e. The van der Waals surface area contributed by atoms with Crippen molar-refractivity contribution in [1.29, 1.82) is 0 Å². The Morgan fingerprint density at radius 2 is 1.77 bits per heavy atom. The number of carbonyl (C=O) groups excluding carboxylic acids is 3. The molecule has 2 N–H and O–H groups in total. The first-order chi connectivity index (χ1) is 14.4. The number of carboxylic acid groups (broad SMARTS) is 1. The second kappa shape index (κ2) is 9.45. The van der Waals surface area contributed by atoms with E-state index in [1.54, 1.807) is 42.5 Å². The van der Waals surface area contributed by atoms with Gasteiger partial charge in [0, 0.05) is 17.7 Å². The minimum atomic E-state index is -1.22. The van der Waals surface area contributed by atoms with Crippen LogP contribution in [-0.2, 0) is 20.8 Å². The van der Waals surface area contributed by atoms with Crippen molar-refractivity contribution in [2.45, 2.75) is 38.3 Å². The molecule has 2 atom stereocenters. The molecule has 1 amide bonds. The van der Waals surface area contributed by atoms with E-state index >= 15 is 0 Å². The number of benzene rings is 2. The van der Waals surface area contributed by atoms with Crippen molar-refractivity contribution < 1.29 is 24.3 Å². The largest absolute Gasteiger partial charge is 0.480 e. The van der Waals surface area contributed by atoms with Gasteiger partial charge in [0.2, 0.25) is 5.91 Å². The Morgan fingerprint density at radius 1 is 1.10 bits per heavy atom. The van der Waals surface area contributed by atoms with Crippen LogP contribution in [-0.4, -0.2) is 47.2 Å². The van der Waals surface area contributed by atoms with E-state index in [-0.39, 0.29) is 30.4 Å². The molecule has 30 heavy (non-hydrogen) atoms. The Bertz CT molecular complexity index is 957. The third-order valence-electron chi connectivity index (χ3n) is 5.12. The molecule has 1 aliphatic heterocycles. The summed E-state index contributed by atoms with van der Waals surface area (Å²) < 4.78 is 0. The van der Waals surface area contributed by atoms with E-state index in [1.165, 1.54) is 11.8 Å². The molecule has 7 nitrogen and oxygen atoms in total. The summed E-state index contributed by atoms with van der Waals surface area (Å²) in [7, 11) is 0. The first-order valence-electron chi connectivity index (χ1n) is 9.82. The standard InChI is InChI=1S/C23H24N2O5/c1-15(26)14-25-20-10-6-5-7-16(20)11-12-18(22(25)28)24-19(23(29)30)13-21(27)17-8-3-2-4-9-17/h2-10,18-19,24H,11-14H2,1H3,(H,29,30)/t18-,19?/m0/s1. The van der Waals surface area contributed by atoms with Crippen molar-refractivity contribution in [2.75, 3.05) is 11.4 Å². The summed E-state index contributed by atoms with van der Waals surface area (Å²) in [4.78, 5) is 50.7. The van der Waals surface area contributed by atoms with Gasteiger partial charge in [-0.05, 0) is 31.4 Å². The SMILES string of the molecule is CC(=O)CN1C(=O)[C@@H](NC(CC(=O)c2ccccc2)C(=O)O)CCc2ccccc21. The Hall–Kier alpha value is -3.32. The first kappa shape index (κ1) is 21.4. The van der Waals surface area contributed by atoms with E-state index in [2.05, 4.69) is 5.32 Å². The molecule has 0 bridgehead atoms. The lowest BCUT2D eigenvalue weighted by Gasteiger charge is -2.27. The van der Waals surface area contributed by atoms with Gasteiger partial charge in [0.05, 0.1) is 12.6 Å². The van der Waals surface area contributed by atoms with Crippen molar-refractivity contribution >= 4 is 29.1 Å². The Balaban J connectivity index is 1.81. The maximum atomic E-state index is 13.2. The normalized spacial score (nSPS) is 17.0. The van der Waals surface area contributed by atoms with Crippen molar-refractivity contribution in [2.24, 2.45) is 0 Å². The fourth-order valence-corrected chi connectivity index (χ4v) is 3.64. The molecule has 1 heterocycles. The number of amides is 1. The molecule has 0 saturated heterocycles. The van der Waals surface area contributed by atoms with Crippen LogP contribution < -0.4 is 10.2 Å². The van der Waals surface area contributed by atoms with Crippen LogP contribution in [0.2, 0.25) is 0 Å². The van der Waals surface area contributed by atoms with Crippen LogP contribution in [0.1, 0.15) is 35.7 Å². The monoisotopic (exact) mass is 408 g/mol. The van der Waals surface area contributed by atoms with Gasteiger partial charge in [-0.3, -0.25) is 24.5 Å². The van der Waals surface area contributed by atoms with Gasteiger partial charge in [-0.2, -0.15) is 0 Å². The van der Waals surface area contributed by atoms with Gasteiger partial charge in [0.1, 0.15) is 11.8 Å². The van der Waals surface area contributed by atoms with E-state index in [9.17, 15) is 24.3 Å². The molecule has 0 spiro atoms. The van der Waals surface area contributed by atoms with Crippen LogP contribution in [0.4, 0.5) is 5.69 Å². The van der Waals surface area contributed by atoms with Gasteiger partial charge in [-0.15, -0.1) is 0 Å². The number of aliphatic carboxylic acids is 1. The third kappa shape index (κ3) is 4.99. The van der Waals surface area contributed by atoms with E-state index in [0.29, 0.717) is 24.1 Å². The highest BCUT2D eigenvalue weighted by Gasteiger charge is 2.34. The molecular formula is C23H24N2O5. The quantitative estimate of drug-likeness (QED) is 0.650. The summed E-state index contributed by atoms with van der Waals surface area (Å²) in [5.74, 6) is -2.06. The molecule has 1 aliphatic rings. The number of ketones is 2. The predicted molar refractivity (Wildman–Crippen MR) is 112 cm³/mol. The lowest BCUT2D eigenvalue weighted by atomic mass is 10.0. The number of carbonyl (C=O) groups is 4. The molecule has 0 fully saturated rings. The van der Waals surface area contributed by atoms with Crippen molar-refractivity contribution in [3.8, 4) is 0 Å². The third-order valence-corrected chi connectivity index (χ3v) is 5.12. The Kier molecular flexibility index (Phi) is 6.74.